The van der Waals surface area contributed by atoms with E-state index in [1.54, 1.807) is 0 Å². The number of fused-ring (bicyclic) bond motifs is 1. The minimum Gasteiger partial charge on any atom is -0.396 e. The molecule has 4 nitrogen and oxygen atoms in total. The Hall–Kier alpha value is -2.72. The Labute approximate surface area is 159 Å². The van der Waals surface area contributed by atoms with Gasteiger partial charge in [0, 0.05) is 30.6 Å². The number of likely N-dealkylation sites (tertiary alicyclic amines) is 1. The summed E-state index contributed by atoms with van der Waals surface area (Å²) in [5, 5.41) is 10.4. The second-order valence-corrected chi connectivity index (χ2v) is 7.29. The van der Waals surface area contributed by atoms with E-state index in [0.717, 1.165) is 52.7 Å². The largest absolute Gasteiger partial charge is 0.396 e. The maximum absolute atomic E-state index is 13.5. The number of hydrogen-bond acceptors (Lipinski definition) is 3. The van der Waals surface area contributed by atoms with Crippen LogP contribution in [-0.2, 0) is 0 Å². The van der Waals surface area contributed by atoms with Crippen LogP contribution in [0.1, 0.15) is 28.8 Å². The van der Waals surface area contributed by atoms with Crippen molar-refractivity contribution in [2.75, 3.05) is 19.7 Å². The van der Waals surface area contributed by atoms with Crippen molar-refractivity contribution in [3.63, 3.8) is 0 Å². The van der Waals surface area contributed by atoms with E-state index in [2.05, 4.69) is 0 Å². The molecule has 0 saturated carbocycles. The Morgan fingerprint density at radius 2 is 1.89 bits per heavy atom. The molecule has 0 aliphatic carbocycles. The third-order valence-corrected chi connectivity index (χ3v) is 5.46. The number of aliphatic hydroxyl groups is 1. The molecule has 1 saturated heterocycles. The zero-order valence-electron chi connectivity index (χ0n) is 15.6. The predicted octanol–water partition coefficient (Wildman–Crippen LogP) is 4.05. The number of rotatable bonds is 3. The highest BCUT2D eigenvalue weighted by molar-refractivity contribution is 6.08. The zero-order chi connectivity index (χ0) is 18.8. The molecule has 1 atom stereocenters. The molecule has 2 heterocycles. The van der Waals surface area contributed by atoms with Crippen molar-refractivity contribution in [3.05, 3.63) is 65.7 Å². The lowest BCUT2D eigenvalue weighted by molar-refractivity contribution is 0.0622. The van der Waals surface area contributed by atoms with Crippen LogP contribution >= 0.6 is 0 Å². The van der Waals surface area contributed by atoms with Crippen LogP contribution in [0.4, 0.5) is 0 Å². The van der Waals surface area contributed by atoms with Crippen molar-refractivity contribution >= 4 is 16.8 Å². The van der Waals surface area contributed by atoms with Crippen molar-refractivity contribution in [1.82, 2.24) is 9.88 Å². The molecule has 0 bridgehead atoms. The zero-order valence-corrected chi connectivity index (χ0v) is 15.6. The first-order valence-electron chi connectivity index (χ1n) is 9.54. The number of carbonyl (C=O) groups excluding carboxylic acids is 1. The highest BCUT2D eigenvalue weighted by atomic mass is 16.3. The second kappa shape index (κ2) is 7.49. The van der Waals surface area contributed by atoms with Gasteiger partial charge in [-0.05, 0) is 37.3 Å². The Balaban J connectivity index is 1.86. The average Bonchev–Trinajstić information content (AvgIpc) is 2.73. The Bertz CT molecular complexity index is 969. The van der Waals surface area contributed by atoms with Crippen LogP contribution in [0.5, 0.6) is 0 Å². The molecule has 138 valence electrons. The number of aromatic nitrogens is 1. The molecule has 0 spiro atoms. The minimum absolute atomic E-state index is 0.0430. The van der Waals surface area contributed by atoms with Gasteiger partial charge in [-0.1, -0.05) is 48.5 Å². The summed E-state index contributed by atoms with van der Waals surface area (Å²) in [5.41, 5.74) is 4.35. The summed E-state index contributed by atoms with van der Waals surface area (Å²) in [5.74, 6) is 0.214. The van der Waals surface area contributed by atoms with E-state index in [4.69, 9.17) is 4.98 Å². The fraction of sp³-hybridized carbons (Fsp3) is 0.304. The molecule has 0 radical (unpaired) electrons. The molecular formula is C23H24N2O2. The van der Waals surface area contributed by atoms with E-state index in [9.17, 15) is 9.90 Å². The van der Waals surface area contributed by atoms with Gasteiger partial charge >= 0.3 is 0 Å². The lowest BCUT2D eigenvalue weighted by Crippen LogP contribution is -2.41. The van der Waals surface area contributed by atoms with E-state index in [1.807, 2.05) is 66.4 Å². The quantitative estimate of drug-likeness (QED) is 0.766. The van der Waals surface area contributed by atoms with Gasteiger partial charge in [-0.3, -0.25) is 4.79 Å². The number of aliphatic hydroxyl groups excluding tert-OH is 1. The van der Waals surface area contributed by atoms with Crippen molar-refractivity contribution in [2.45, 2.75) is 19.8 Å². The summed E-state index contributed by atoms with van der Waals surface area (Å²) in [7, 11) is 0. The summed E-state index contributed by atoms with van der Waals surface area (Å²) in [4.78, 5) is 20.2. The number of pyridine rings is 1. The summed E-state index contributed by atoms with van der Waals surface area (Å²) in [6.07, 6.45) is 1.91. The number of nitrogens with zero attached hydrogens (tertiary/aromatic N) is 2. The van der Waals surface area contributed by atoms with Crippen LogP contribution in [0.25, 0.3) is 22.2 Å². The summed E-state index contributed by atoms with van der Waals surface area (Å²) in [6.45, 7) is 3.48. The third kappa shape index (κ3) is 3.33. The molecule has 1 N–H and O–H groups in total. The van der Waals surface area contributed by atoms with Crippen LogP contribution in [0.3, 0.4) is 0 Å². The SMILES string of the molecule is Cc1c(-c2ccccc2)nc2ccccc2c1C(=O)N1CCC[C@H](CO)C1. The maximum atomic E-state index is 13.5. The minimum atomic E-state index is 0.0430. The van der Waals surface area contributed by atoms with Crippen LogP contribution in [-0.4, -0.2) is 40.6 Å². The molecule has 1 aliphatic rings. The smallest absolute Gasteiger partial charge is 0.254 e. The first kappa shape index (κ1) is 17.7. The molecular weight excluding hydrogens is 336 g/mol. The standard InChI is InChI=1S/C23H24N2O2/c1-16-21(23(27)25-13-7-8-17(14-25)15-26)19-11-5-6-12-20(19)24-22(16)18-9-3-2-4-10-18/h2-6,9-12,17,26H,7-8,13-15H2,1H3/t17-/m0/s1. The maximum Gasteiger partial charge on any atom is 0.254 e. The van der Waals surface area contributed by atoms with Gasteiger partial charge in [0.05, 0.1) is 16.8 Å². The molecule has 1 amide bonds. The Morgan fingerprint density at radius 3 is 2.67 bits per heavy atom. The molecule has 3 aromatic rings. The van der Waals surface area contributed by atoms with Crippen LogP contribution in [0, 0.1) is 12.8 Å². The van der Waals surface area contributed by atoms with E-state index >= 15 is 0 Å². The first-order chi connectivity index (χ1) is 13.2. The highest BCUT2D eigenvalue weighted by Crippen LogP contribution is 2.31. The van der Waals surface area contributed by atoms with E-state index < -0.39 is 0 Å². The van der Waals surface area contributed by atoms with Crippen molar-refractivity contribution < 1.29 is 9.90 Å². The topological polar surface area (TPSA) is 53.4 Å². The molecule has 0 unspecified atom stereocenters. The van der Waals surface area contributed by atoms with Gasteiger partial charge in [-0.15, -0.1) is 0 Å². The van der Waals surface area contributed by atoms with Gasteiger partial charge in [-0.25, -0.2) is 4.98 Å². The predicted molar refractivity (Wildman–Crippen MR) is 108 cm³/mol. The molecule has 1 fully saturated rings. The van der Waals surface area contributed by atoms with Crippen LogP contribution < -0.4 is 0 Å². The van der Waals surface area contributed by atoms with Crippen LogP contribution in [0.15, 0.2) is 54.6 Å². The number of piperidine rings is 1. The molecule has 4 rings (SSSR count). The summed E-state index contributed by atoms with van der Waals surface area (Å²) < 4.78 is 0. The average molecular weight is 360 g/mol. The van der Waals surface area contributed by atoms with Gasteiger partial charge in [0.2, 0.25) is 0 Å². The summed E-state index contributed by atoms with van der Waals surface area (Å²) in [6, 6.07) is 17.9. The second-order valence-electron chi connectivity index (χ2n) is 7.29. The summed E-state index contributed by atoms with van der Waals surface area (Å²) >= 11 is 0. The van der Waals surface area contributed by atoms with Gasteiger partial charge in [0.1, 0.15) is 0 Å². The third-order valence-electron chi connectivity index (χ3n) is 5.46. The molecule has 27 heavy (non-hydrogen) atoms. The van der Waals surface area contributed by atoms with E-state index in [0.29, 0.717) is 6.54 Å². The number of para-hydroxylation sites is 1. The molecule has 1 aromatic heterocycles. The van der Waals surface area contributed by atoms with Crippen LogP contribution in [0.2, 0.25) is 0 Å². The normalized spacial score (nSPS) is 17.3. The van der Waals surface area contributed by atoms with E-state index in [-0.39, 0.29) is 18.4 Å². The number of amides is 1. The Morgan fingerprint density at radius 1 is 1.15 bits per heavy atom. The van der Waals surface area contributed by atoms with Gasteiger partial charge in [0.15, 0.2) is 0 Å². The van der Waals surface area contributed by atoms with Gasteiger partial charge < -0.3 is 10.0 Å². The fourth-order valence-corrected chi connectivity index (χ4v) is 4.02. The van der Waals surface area contributed by atoms with E-state index in [1.165, 1.54) is 0 Å². The monoisotopic (exact) mass is 360 g/mol. The fourth-order valence-electron chi connectivity index (χ4n) is 4.02. The molecule has 2 aromatic carbocycles. The van der Waals surface area contributed by atoms with Crippen molar-refractivity contribution in [1.29, 1.82) is 0 Å². The number of carbonyl (C=O) groups is 1. The van der Waals surface area contributed by atoms with Crippen molar-refractivity contribution in [2.24, 2.45) is 5.92 Å². The number of benzene rings is 2. The first-order valence-corrected chi connectivity index (χ1v) is 9.54. The molecule has 4 heteroatoms. The van der Waals surface area contributed by atoms with Gasteiger partial charge in [-0.2, -0.15) is 0 Å². The Kier molecular flexibility index (Phi) is 4.90. The lowest BCUT2D eigenvalue weighted by Gasteiger charge is -2.32. The number of hydrogen-bond donors (Lipinski definition) is 1. The molecule has 1 aliphatic heterocycles. The lowest BCUT2D eigenvalue weighted by atomic mass is 9.94. The van der Waals surface area contributed by atoms with Crippen molar-refractivity contribution in [3.8, 4) is 11.3 Å². The highest BCUT2D eigenvalue weighted by Gasteiger charge is 2.27. The van der Waals surface area contributed by atoms with Gasteiger partial charge in [0.25, 0.3) is 5.91 Å².